The predicted molar refractivity (Wildman–Crippen MR) is 95.5 cm³/mol. The second-order valence-electron chi connectivity index (χ2n) is 4.89. The lowest BCUT2D eigenvalue weighted by Gasteiger charge is -2.12. The van der Waals surface area contributed by atoms with Crippen LogP contribution in [0.25, 0.3) is 0 Å². The van der Waals surface area contributed by atoms with Gasteiger partial charge in [-0.05, 0) is 55.0 Å². The number of benzene rings is 2. The van der Waals surface area contributed by atoms with Gasteiger partial charge in [-0.15, -0.1) is 0 Å². The number of hydrazine groups is 1. The van der Waals surface area contributed by atoms with Gasteiger partial charge in [0.05, 0.1) is 12.3 Å². The Hall–Kier alpha value is -2.67. The van der Waals surface area contributed by atoms with Gasteiger partial charge in [-0.1, -0.05) is 19.1 Å². The van der Waals surface area contributed by atoms with E-state index in [1.807, 2.05) is 6.92 Å². The maximum absolute atomic E-state index is 13.5. The molecule has 0 bridgehead atoms. The van der Waals surface area contributed by atoms with Crippen LogP contribution < -0.4 is 20.9 Å². The van der Waals surface area contributed by atoms with Gasteiger partial charge in [0.1, 0.15) is 11.6 Å². The van der Waals surface area contributed by atoms with Gasteiger partial charge >= 0.3 is 0 Å². The quantitative estimate of drug-likeness (QED) is 0.572. The van der Waals surface area contributed by atoms with Gasteiger partial charge in [0.15, 0.2) is 5.11 Å². The predicted octanol–water partition coefficient (Wildman–Crippen LogP) is 3.25. The molecule has 2 rings (SSSR count). The molecule has 24 heavy (non-hydrogen) atoms. The highest BCUT2D eigenvalue weighted by Crippen LogP contribution is 2.13. The molecule has 0 heterocycles. The first-order chi connectivity index (χ1) is 11.6. The van der Waals surface area contributed by atoms with Crippen LogP contribution in [0.15, 0.2) is 48.5 Å². The maximum Gasteiger partial charge on any atom is 0.269 e. The van der Waals surface area contributed by atoms with E-state index in [1.54, 1.807) is 42.5 Å². The van der Waals surface area contributed by atoms with Crippen LogP contribution >= 0.6 is 12.2 Å². The number of hydrogen-bond donors (Lipinski definition) is 3. The highest BCUT2D eigenvalue weighted by Gasteiger charge is 2.07. The first kappa shape index (κ1) is 17.7. The lowest BCUT2D eigenvalue weighted by molar-refractivity contribution is 0.0944. The number of ether oxygens (including phenoxy) is 1. The van der Waals surface area contributed by atoms with Crippen molar-refractivity contribution in [3.05, 3.63) is 59.9 Å². The van der Waals surface area contributed by atoms with E-state index in [0.717, 1.165) is 6.42 Å². The first-order valence-electron chi connectivity index (χ1n) is 7.45. The van der Waals surface area contributed by atoms with Crippen molar-refractivity contribution >= 4 is 28.9 Å². The van der Waals surface area contributed by atoms with Crippen LogP contribution in [0.2, 0.25) is 0 Å². The molecule has 2 aromatic carbocycles. The molecule has 1 amide bonds. The minimum atomic E-state index is -0.435. The molecule has 5 nitrogen and oxygen atoms in total. The largest absolute Gasteiger partial charge is 0.494 e. The molecule has 0 fully saturated rings. The zero-order valence-electron chi connectivity index (χ0n) is 13.1. The normalized spacial score (nSPS) is 9.92. The SMILES string of the molecule is CCCOc1ccc(C(=O)NNC(=S)Nc2ccccc2F)cc1. The summed E-state index contributed by atoms with van der Waals surface area (Å²) in [6.45, 7) is 2.65. The number of amides is 1. The van der Waals surface area contributed by atoms with Gasteiger partial charge in [0.2, 0.25) is 0 Å². The highest BCUT2D eigenvalue weighted by molar-refractivity contribution is 7.80. The van der Waals surface area contributed by atoms with Crippen LogP contribution in [0.5, 0.6) is 5.75 Å². The van der Waals surface area contributed by atoms with Gasteiger partial charge in [0, 0.05) is 5.56 Å². The summed E-state index contributed by atoms with van der Waals surface area (Å²) in [5.74, 6) is -0.0940. The van der Waals surface area contributed by atoms with Crippen molar-refractivity contribution in [3.63, 3.8) is 0 Å². The molecule has 2 aromatic rings. The minimum Gasteiger partial charge on any atom is -0.494 e. The second kappa shape index (κ2) is 8.83. The zero-order valence-corrected chi connectivity index (χ0v) is 14.0. The Morgan fingerprint density at radius 3 is 2.50 bits per heavy atom. The minimum absolute atomic E-state index is 0.0800. The van der Waals surface area contributed by atoms with Crippen molar-refractivity contribution in [2.45, 2.75) is 13.3 Å². The fraction of sp³-hybridized carbons (Fsp3) is 0.176. The Balaban J connectivity index is 1.84. The molecular weight excluding hydrogens is 329 g/mol. The molecular formula is C17H18FN3O2S. The Morgan fingerprint density at radius 1 is 1.12 bits per heavy atom. The molecule has 0 atom stereocenters. The molecule has 0 aromatic heterocycles. The van der Waals surface area contributed by atoms with Gasteiger partial charge in [-0.2, -0.15) is 0 Å². The van der Waals surface area contributed by atoms with E-state index in [2.05, 4.69) is 16.2 Å². The maximum atomic E-state index is 13.5. The molecule has 126 valence electrons. The van der Waals surface area contributed by atoms with E-state index < -0.39 is 5.82 Å². The van der Waals surface area contributed by atoms with Crippen LogP contribution in [-0.2, 0) is 0 Å². The molecule has 0 spiro atoms. The molecule has 0 saturated heterocycles. The Bertz CT molecular complexity index is 707. The number of halogens is 1. The lowest BCUT2D eigenvalue weighted by atomic mass is 10.2. The van der Waals surface area contributed by atoms with Crippen molar-refractivity contribution in [2.24, 2.45) is 0 Å². The smallest absolute Gasteiger partial charge is 0.269 e. The summed E-state index contributed by atoms with van der Waals surface area (Å²) in [6.07, 6.45) is 0.915. The second-order valence-corrected chi connectivity index (χ2v) is 5.29. The Labute approximate surface area is 145 Å². The van der Waals surface area contributed by atoms with Gasteiger partial charge in [-0.25, -0.2) is 4.39 Å². The average molecular weight is 347 g/mol. The van der Waals surface area contributed by atoms with Crippen molar-refractivity contribution in [1.29, 1.82) is 0 Å². The summed E-state index contributed by atoms with van der Waals surface area (Å²) in [6, 6.07) is 12.8. The van der Waals surface area contributed by atoms with Crippen LogP contribution in [0.4, 0.5) is 10.1 Å². The number of nitrogens with one attached hydrogen (secondary N) is 3. The van der Waals surface area contributed by atoms with E-state index in [0.29, 0.717) is 17.9 Å². The summed E-state index contributed by atoms with van der Waals surface area (Å²) >= 11 is 5.01. The van der Waals surface area contributed by atoms with E-state index in [1.165, 1.54) is 6.07 Å². The Morgan fingerprint density at radius 2 is 1.83 bits per heavy atom. The van der Waals surface area contributed by atoms with Crippen LogP contribution in [0, 0.1) is 5.82 Å². The van der Waals surface area contributed by atoms with Crippen molar-refractivity contribution in [1.82, 2.24) is 10.9 Å². The Kier molecular flexibility index (Phi) is 6.51. The molecule has 3 N–H and O–H groups in total. The number of hydrogen-bond acceptors (Lipinski definition) is 3. The standard InChI is InChI=1S/C17H18FN3O2S/c1-2-11-23-13-9-7-12(8-10-13)16(22)20-21-17(24)19-15-6-4-3-5-14(15)18/h3-10H,2,11H2,1H3,(H,20,22)(H2,19,21,24). The van der Waals surface area contributed by atoms with Crippen LogP contribution in [0.3, 0.4) is 0 Å². The number of carbonyl (C=O) groups is 1. The summed E-state index contributed by atoms with van der Waals surface area (Å²) in [7, 11) is 0. The number of rotatable bonds is 5. The zero-order chi connectivity index (χ0) is 17.4. The van der Waals surface area contributed by atoms with Gasteiger partial charge in [-0.3, -0.25) is 15.6 Å². The fourth-order valence-electron chi connectivity index (χ4n) is 1.82. The van der Waals surface area contributed by atoms with E-state index >= 15 is 0 Å². The third-order valence-corrected chi connectivity index (χ3v) is 3.21. The van der Waals surface area contributed by atoms with Crippen molar-refractivity contribution in [2.75, 3.05) is 11.9 Å². The third-order valence-electron chi connectivity index (χ3n) is 3.00. The topological polar surface area (TPSA) is 62.4 Å². The van der Waals surface area contributed by atoms with E-state index in [4.69, 9.17) is 17.0 Å². The molecule has 0 aliphatic carbocycles. The van der Waals surface area contributed by atoms with Gasteiger partial charge < -0.3 is 10.1 Å². The van der Waals surface area contributed by atoms with Crippen LogP contribution in [0.1, 0.15) is 23.7 Å². The molecule has 7 heteroatoms. The highest BCUT2D eigenvalue weighted by atomic mass is 32.1. The van der Waals surface area contributed by atoms with Gasteiger partial charge in [0.25, 0.3) is 5.91 Å². The number of para-hydroxylation sites is 1. The molecule has 0 radical (unpaired) electrons. The third kappa shape index (κ3) is 5.20. The monoisotopic (exact) mass is 347 g/mol. The number of anilines is 1. The molecule has 0 unspecified atom stereocenters. The van der Waals surface area contributed by atoms with Crippen LogP contribution in [-0.4, -0.2) is 17.6 Å². The van der Waals surface area contributed by atoms with E-state index in [9.17, 15) is 9.18 Å². The summed E-state index contributed by atoms with van der Waals surface area (Å²) in [4.78, 5) is 12.0. The molecule has 0 aliphatic heterocycles. The number of carbonyl (C=O) groups excluding carboxylic acids is 1. The summed E-state index contributed by atoms with van der Waals surface area (Å²) in [5.41, 5.74) is 5.64. The summed E-state index contributed by atoms with van der Waals surface area (Å²) in [5, 5.41) is 2.74. The number of thiocarbonyl (C=S) groups is 1. The summed E-state index contributed by atoms with van der Waals surface area (Å²) < 4.78 is 18.9. The molecule has 0 aliphatic rings. The van der Waals surface area contributed by atoms with Crippen molar-refractivity contribution in [3.8, 4) is 5.75 Å². The van der Waals surface area contributed by atoms with E-state index in [-0.39, 0.29) is 16.7 Å². The first-order valence-corrected chi connectivity index (χ1v) is 7.85. The lowest BCUT2D eigenvalue weighted by Crippen LogP contribution is -2.43. The van der Waals surface area contributed by atoms with Crippen molar-refractivity contribution < 1.29 is 13.9 Å². The average Bonchev–Trinajstić information content (AvgIpc) is 2.60. The fourth-order valence-corrected chi connectivity index (χ4v) is 1.99. The molecule has 0 saturated carbocycles.